The van der Waals surface area contributed by atoms with E-state index in [4.69, 9.17) is 0 Å². The Morgan fingerprint density at radius 2 is 1.92 bits per heavy atom. The minimum Gasteiger partial charge on any atom is -0.394 e. The second-order valence-electron chi connectivity index (χ2n) is 6.60. The molecule has 2 N–H and O–H groups in total. The van der Waals surface area contributed by atoms with Crippen LogP contribution in [0.5, 0.6) is 0 Å². The molecule has 1 aliphatic rings. The molecule has 1 aromatic rings. The van der Waals surface area contributed by atoms with Gasteiger partial charge in [0, 0.05) is 13.1 Å². The van der Waals surface area contributed by atoms with Crippen LogP contribution in [0.25, 0.3) is 0 Å². The summed E-state index contributed by atoms with van der Waals surface area (Å²) in [4.78, 5) is 12.1. The number of hydrogen-bond donors (Lipinski definition) is 2. The molecule has 0 aliphatic carbocycles. The summed E-state index contributed by atoms with van der Waals surface area (Å²) in [5.74, 6) is -1.57. The summed E-state index contributed by atoms with van der Waals surface area (Å²) >= 11 is 0. The van der Waals surface area contributed by atoms with Crippen molar-refractivity contribution in [1.29, 1.82) is 0 Å². The van der Waals surface area contributed by atoms with Gasteiger partial charge in [-0.05, 0) is 44.9 Å². The van der Waals surface area contributed by atoms with Crippen LogP contribution in [0.1, 0.15) is 43.5 Å². The average molecular weight is 358 g/mol. The third kappa shape index (κ3) is 4.12. The van der Waals surface area contributed by atoms with Crippen LogP contribution in [0.15, 0.2) is 23.1 Å². The van der Waals surface area contributed by atoms with Crippen molar-refractivity contribution < 1.29 is 22.7 Å². The Morgan fingerprint density at radius 1 is 1.29 bits per heavy atom. The van der Waals surface area contributed by atoms with Gasteiger partial charge in [-0.2, -0.15) is 4.31 Å². The Labute approximate surface area is 141 Å². The van der Waals surface area contributed by atoms with E-state index in [1.165, 1.54) is 10.4 Å². The molecule has 8 heteroatoms. The fourth-order valence-corrected chi connectivity index (χ4v) is 4.05. The van der Waals surface area contributed by atoms with Crippen molar-refractivity contribution >= 4 is 15.9 Å². The van der Waals surface area contributed by atoms with Gasteiger partial charge in [-0.15, -0.1) is 0 Å². The summed E-state index contributed by atoms with van der Waals surface area (Å²) < 4.78 is 40.7. The van der Waals surface area contributed by atoms with Gasteiger partial charge in [-0.1, -0.05) is 6.42 Å². The molecule has 0 unspecified atom stereocenters. The van der Waals surface area contributed by atoms with Gasteiger partial charge < -0.3 is 10.4 Å². The SMILES string of the molecule is CC(C)(CO)NC(=O)c1cc(S(=O)(=O)N2CCCCC2)ccc1F. The summed E-state index contributed by atoms with van der Waals surface area (Å²) in [5.41, 5.74) is -1.29. The van der Waals surface area contributed by atoms with Crippen molar-refractivity contribution in [3.8, 4) is 0 Å². The molecule has 6 nitrogen and oxygen atoms in total. The lowest BCUT2D eigenvalue weighted by molar-refractivity contribution is 0.0865. The minimum atomic E-state index is -3.75. The highest BCUT2D eigenvalue weighted by atomic mass is 32.2. The Kier molecular flexibility index (Phi) is 5.62. The molecule has 24 heavy (non-hydrogen) atoms. The standard InChI is InChI=1S/C16H23FN2O4S/c1-16(2,11-20)18-15(21)13-10-12(6-7-14(13)17)24(22,23)19-8-4-3-5-9-19/h6-7,10,20H,3-5,8-9,11H2,1-2H3,(H,18,21). The van der Waals surface area contributed by atoms with Crippen LogP contribution < -0.4 is 5.32 Å². The Bertz CT molecular complexity index is 713. The summed E-state index contributed by atoms with van der Waals surface area (Å²) in [6, 6.07) is 3.22. The smallest absolute Gasteiger partial charge is 0.254 e. The van der Waals surface area contributed by atoms with Crippen molar-refractivity contribution in [2.24, 2.45) is 0 Å². The number of carbonyl (C=O) groups excluding carboxylic acids is 1. The van der Waals surface area contributed by atoms with E-state index in [2.05, 4.69) is 5.32 Å². The van der Waals surface area contributed by atoms with Gasteiger partial charge in [0.15, 0.2) is 0 Å². The van der Waals surface area contributed by atoms with Crippen LogP contribution >= 0.6 is 0 Å². The molecule has 1 aliphatic heterocycles. The van der Waals surface area contributed by atoms with E-state index in [1.807, 2.05) is 0 Å². The van der Waals surface area contributed by atoms with Crippen LogP contribution in [-0.4, -0.2) is 49.0 Å². The lowest BCUT2D eigenvalue weighted by atomic mass is 10.1. The van der Waals surface area contributed by atoms with Crippen LogP contribution in [0.3, 0.4) is 0 Å². The lowest BCUT2D eigenvalue weighted by Gasteiger charge is -2.26. The number of carbonyl (C=O) groups is 1. The number of amides is 1. The molecule has 0 saturated carbocycles. The van der Waals surface area contributed by atoms with Crippen molar-refractivity contribution in [2.75, 3.05) is 19.7 Å². The number of rotatable bonds is 5. The maximum Gasteiger partial charge on any atom is 0.254 e. The second-order valence-corrected chi connectivity index (χ2v) is 8.54. The third-order valence-electron chi connectivity index (χ3n) is 3.98. The van der Waals surface area contributed by atoms with Crippen LogP contribution in [0.2, 0.25) is 0 Å². The van der Waals surface area contributed by atoms with Crippen molar-refractivity contribution in [2.45, 2.75) is 43.5 Å². The molecular formula is C16H23FN2O4S. The van der Waals surface area contributed by atoms with Crippen molar-refractivity contribution in [3.63, 3.8) is 0 Å². The van der Waals surface area contributed by atoms with E-state index in [0.717, 1.165) is 31.4 Å². The molecule has 1 amide bonds. The highest BCUT2D eigenvalue weighted by Crippen LogP contribution is 2.23. The van der Waals surface area contributed by atoms with Gasteiger partial charge in [0.1, 0.15) is 5.82 Å². The monoisotopic (exact) mass is 358 g/mol. The molecule has 134 valence electrons. The average Bonchev–Trinajstić information content (AvgIpc) is 2.55. The fraction of sp³-hybridized carbons (Fsp3) is 0.562. The number of aliphatic hydroxyl groups is 1. The topological polar surface area (TPSA) is 86.7 Å². The third-order valence-corrected chi connectivity index (χ3v) is 5.88. The van der Waals surface area contributed by atoms with Gasteiger partial charge in [0.05, 0.1) is 22.6 Å². The Balaban J connectivity index is 2.32. The normalized spacial score (nSPS) is 16.8. The van der Waals surface area contributed by atoms with Crippen LogP contribution in [0, 0.1) is 5.82 Å². The lowest BCUT2D eigenvalue weighted by Crippen LogP contribution is -2.46. The molecule has 0 bridgehead atoms. The molecule has 0 atom stereocenters. The first-order chi connectivity index (χ1) is 11.2. The zero-order valence-corrected chi connectivity index (χ0v) is 14.7. The predicted octanol–water partition coefficient (Wildman–Crippen LogP) is 1.50. The van der Waals surface area contributed by atoms with E-state index >= 15 is 0 Å². The molecule has 0 radical (unpaired) electrons. The molecule has 2 rings (SSSR count). The quantitative estimate of drug-likeness (QED) is 0.835. The zero-order chi connectivity index (χ0) is 18.0. The van der Waals surface area contributed by atoms with Gasteiger partial charge in [0.2, 0.25) is 10.0 Å². The summed E-state index contributed by atoms with van der Waals surface area (Å²) in [5, 5.41) is 11.7. The number of nitrogens with one attached hydrogen (secondary N) is 1. The highest BCUT2D eigenvalue weighted by molar-refractivity contribution is 7.89. The molecule has 0 spiro atoms. The molecule has 1 heterocycles. The Hall–Kier alpha value is -1.51. The maximum absolute atomic E-state index is 14.0. The van der Waals surface area contributed by atoms with Gasteiger partial charge in [-0.25, -0.2) is 12.8 Å². The highest BCUT2D eigenvalue weighted by Gasteiger charge is 2.28. The first kappa shape index (κ1) is 18.8. The van der Waals surface area contributed by atoms with Crippen molar-refractivity contribution in [3.05, 3.63) is 29.6 Å². The number of hydrogen-bond acceptors (Lipinski definition) is 4. The second kappa shape index (κ2) is 7.16. The van der Waals surface area contributed by atoms with Crippen LogP contribution in [-0.2, 0) is 10.0 Å². The molecule has 1 fully saturated rings. The predicted molar refractivity (Wildman–Crippen MR) is 87.6 cm³/mol. The number of aliphatic hydroxyl groups excluding tert-OH is 1. The van der Waals surface area contributed by atoms with E-state index in [1.54, 1.807) is 13.8 Å². The number of nitrogens with zero attached hydrogens (tertiary/aromatic N) is 1. The van der Waals surface area contributed by atoms with E-state index in [-0.39, 0.29) is 17.1 Å². The minimum absolute atomic E-state index is 0.0993. The number of benzene rings is 1. The first-order valence-electron chi connectivity index (χ1n) is 7.90. The van der Waals surface area contributed by atoms with Gasteiger partial charge in [0.25, 0.3) is 5.91 Å². The van der Waals surface area contributed by atoms with E-state index < -0.39 is 27.3 Å². The Morgan fingerprint density at radius 3 is 2.50 bits per heavy atom. The van der Waals surface area contributed by atoms with E-state index in [9.17, 15) is 22.7 Å². The number of piperidine rings is 1. The van der Waals surface area contributed by atoms with Crippen molar-refractivity contribution in [1.82, 2.24) is 9.62 Å². The summed E-state index contributed by atoms with van der Waals surface area (Å²) in [6.07, 6.45) is 2.57. The molecule has 1 saturated heterocycles. The first-order valence-corrected chi connectivity index (χ1v) is 9.34. The summed E-state index contributed by atoms with van der Waals surface area (Å²) in [7, 11) is -3.75. The molecule has 1 aromatic carbocycles. The maximum atomic E-state index is 14.0. The van der Waals surface area contributed by atoms with Crippen LogP contribution in [0.4, 0.5) is 4.39 Å². The van der Waals surface area contributed by atoms with Gasteiger partial charge >= 0.3 is 0 Å². The number of sulfonamides is 1. The van der Waals surface area contributed by atoms with E-state index in [0.29, 0.717) is 13.1 Å². The largest absolute Gasteiger partial charge is 0.394 e. The van der Waals surface area contributed by atoms with Gasteiger partial charge in [-0.3, -0.25) is 4.79 Å². The number of halogens is 1. The summed E-state index contributed by atoms with van der Waals surface area (Å²) in [6.45, 7) is 3.69. The molecular weight excluding hydrogens is 335 g/mol. The zero-order valence-electron chi connectivity index (χ0n) is 13.9. The molecule has 0 aromatic heterocycles. The fourth-order valence-electron chi connectivity index (χ4n) is 2.51.